The molecule has 1 nitrogen and oxygen atoms in total. The number of allylic oxidation sites excluding steroid dienone is 1. The lowest BCUT2D eigenvalue weighted by atomic mass is 9.87. The van der Waals surface area contributed by atoms with Gasteiger partial charge in [-0.05, 0) is 18.4 Å². The summed E-state index contributed by atoms with van der Waals surface area (Å²) in [5, 5.41) is 9.77. The minimum absolute atomic E-state index is 0.201. The first-order valence-corrected chi connectivity index (χ1v) is 4.77. The summed E-state index contributed by atoms with van der Waals surface area (Å²) < 4.78 is 0. The molecule has 0 spiro atoms. The quantitative estimate of drug-likeness (QED) is 0.648. The van der Waals surface area contributed by atoms with E-state index in [0.717, 1.165) is 12.8 Å². The van der Waals surface area contributed by atoms with E-state index in [9.17, 15) is 5.11 Å². The average molecular weight is 174 g/mol. The van der Waals surface area contributed by atoms with Crippen molar-refractivity contribution in [3.8, 4) is 0 Å². The summed E-state index contributed by atoms with van der Waals surface area (Å²) in [6.45, 7) is 0. The molecular weight excluding hydrogens is 160 g/mol. The van der Waals surface area contributed by atoms with Gasteiger partial charge in [0.2, 0.25) is 0 Å². The predicted molar refractivity (Wildman–Crippen MR) is 53.6 cm³/mol. The Morgan fingerprint density at radius 2 is 1.92 bits per heavy atom. The highest BCUT2D eigenvalue weighted by molar-refractivity contribution is 5.26. The highest BCUT2D eigenvalue weighted by Gasteiger charge is 2.19. The van der Waals surface area contributed by atoms with Crippen LogP contribution >= 0.6 is 0 Å². The summed E-state index contributed by atoms with van der Waals surface area (Å²) in [5.74, 6) is 0.204. The molecular formula is C12H14O. The zero-order valence-corrected chi connectivity index (χ0v) is 7.56. The number of benzene rings is 1. The Balaban J connectivity index is 2.25. The Labute approximate surface area is 78.7 Å². The van der Waals surface area contributed by atoms with Crippen LogP contribution in [0.2, 0.25) is 0 Å². The van der Waals surface area contributed by atoms with Gasteiger partial charge in [-0.2, -0.15) is 0 Å². The van der Waals surface area contributed by atoms with Gasteiger partial charge in [-0.25, -0.2) is 0 Å². The maximum atomic E-state index is 9.77. The van der Waals surface area contributed by atoms with Gasteiger partial charge in [-0.15, -0.1) is 0 Å². The molecule has 1 heteroatoms. The third kappa shape index (κ3) is 1.81. The van der Waals surface area contributed by atoms with Crippen LogP contribution in [-0.4, -0.2) is 11.2 Å². The van der Waals surface area contributed by atoms with Crippen molar-refractivity contribution in [3.63, 3.8) is 0 Å². The summed E-state index contributed by atoms with van der Waals surface area (Å²) in [5.41, 5.74) is 1.21. The molecule has 0 saturated heterocycles. The smallest absolute Gasteiger partial charge is 0.0646 e. The van der Waals surface area contributed by atoms with Crippen molar-refractivity contribution in [2.75, 3.05) is 0 Å². The van der Waals surface area contributed by atoms with Crippen LogP contribution in [-0.2, 0) is 0 Å². The number of rotatable bonds is 1. The molecule has 1 aliphatic rings. The van der Waals surface area contributed by atoms with E-state index in [1.54, 1.807) is 0 Å². The predicted octanol–water partition coefficient (Wildman–Crippen LogP) is 2.48. The highest BCUT2D eigenvalue weighted by atomic mass is 16.3. The average Bonchev–Trinajstić information content (AvgIpc) is 2.20. The van der Waals surface area contributed by atoms with Crippen molar-refractivity contribution in [2.45, 2.75) is 24.9 Å². The molecule has 0 aliphatic heterocycles. The van der Waals surface area contributed by atoms with Crippen LogP contribution in [0, 0.1) is 0 Å². The minimum atomic E-state index is -0.201. The van der Waals surface area contributed by atoms with E-state index in [4.69, 9.17) is 0 Å². The maximum Gasteiger partial charge on any atom is 0.0646 e. The van der Waals surface area contributed by atoms with Gasteiger partial charge in [0.1, 0.15) is 0 Å². The SMILES string of the molecule is O[C@H]1CCC=C[C@@H]1c1ccccc1. The second-order valence-electron chi connectivity index (χ2n) is 3.51. The molecule has 0 fully saturated rings. The fraction of sp³-hybridized carbons (Fsp3) is 0.333. The molecule has 0 bridgehead atoms. The third-order valence-electron chi connectivity index (χ3n) is 2.57. The minimum Gasteiger partial charge on any atom is -0.392 e. The Bertz CT molecular complexity index is 289. The van der Waals surface area contributed by atoms with E-state index in [1.807, 2.05) is 18.2 Å². The zero-order chi connectivity index (χ0) is 9.10. The standard InChI is InChI=1S/C12H14O/c13-12-9-5-4-8-11(12)10-6-2-1-3-7-10/h1-4,6-8,11-13H,5,9H2/t11-,12+/m1/s1. The Morgan fingerprint density at radius 3 is 2.62 bits per heavy atom. The van der Waals surface area contributed by atoms with E-state index in [-0.39, 0.29) is 12.0 Å². The molecule has 1 N–H and O–H groups in total. The second kappa shape index (κ2) is 3.75. The van der Waals surface area contributed by atoms with Crippen molar-refractivity contribution in [1.82, 2.24) is 0 Å². The van der Waals surface area contributed by atoms with Gasteiger partial charge in [0.25, 0.3) is 0 Å². The summed E-state index contributed by atoms with van der Waals surface area (Å²) in [6.07, 6.45) is 5.96. The number of hydrogen-bond acceptors (Lipinski definition) is 1. The highest BCUT2D eigenvalue weighted by Crippen LogP contribution is 2.27. The van der Waals surface area contributed by atoms with Crippen LogP contribution in [0.15, 0.2) is 42.5 Å². The van der Waals surface area contributed by atoms with Crippen LogP contribution in [0.3, 0.4) is 0 Å². The molecule has 1 aliphatic carbocycles. The van der Waals surface area contributed by atoms with E-state index in [0.29, 0.717) is 0 Å². The number of aliphatic hydroxyl groups is 1. The van der Waals surface area contributed by atoms with E-state index in [1.165, 1.54) is 5.56 Å². The lowest BCUT2D eigenvalue weighted by Crippen LogP contribution is -2.18. The van der Waals surface area contributed by atoms with Crippen LogP contribution in [0.4, 0.5) is 0 Å². The molecule has 0 radical (unpaired) electrons. The van der Waals surface area contributed by atoms with Gasteiger partial charge in [-0.1, -0.05) is 42.5 Å². The van der Waals surface area contributed by atoms with Crippen molar-refractivity contribution in [3.05, 3.63) is 48.0 Å². The van der Waals surface area contributed by atoms with Crippen LogP contribution in [0.25, 0.3) is 0 Å². The summed E-state index contributed by atoms with van der Waals surface area (Å²) in [6, 6.07) is 10.2. The van der Waals surface area contributed by atoms with Crippen LogP contribution < -0.4 is 0 Å². The molecule has 0 saturated carbocycles. The molecule has 1 aromatic carbocycles. The Morgan fingerprint density at radius 1 is 1.15 bits per heavy atom. The molecule has 0 aromatic heterocycles. The van der Waals surface area contributed by atoms with Crippen molar-refractivity contribution >= 4 is 0 Å². The molecule has 0 heterocycles. The molecule has 68 valence electrons. The molecule has 1 aromatic rings. The fourth-order valence-electron chi connectivity index (χ4n) is 1.83. The van der Waals surface area contributed by atoms with Gasteiger partial charge in [0, 0.05) is 5.92 Å². The summed E-state index contributed by atoms with van der Waals surface area (Å²) in [4.78, 5) is 0. The van der Waals surface area contributed by atoms with E-state index in [2.05, 4.69) is 24.3 Å². The lowest BCUT2D eigenvalue weighted by Gasteiger charge is -2.23. The second-order valence-corrected chi connectivity index (χ2v) is 3.51. The molecule has 13 heavy (non-hydrogen) atoms. The van der Waals surface area contributed by atoms with Crippen molar-refractivity contribution in [2.24, 2.45) is 0 Å². The first kappa shape index (κ1) is 8.52. The van der Waals surface area contributed by atoms with E-state index < -0.39 is 0 Å². The Kier molecular flexibility index (Phi) is 2.46. The van der Waals surface area contributed by atoms with Gasteiger partial charge in [0.15, 0.2) is 0 Å². The zero-order valence-electron chi connectivity index (χ0n) is 7.56. The van der Waals surface area contributed by atoms with Crippen LogP contribution in [0.1, 0.15) is 24.3 Å². The summed E-state index contributed by atoms with van der Waals surface area (Å²) in [7, 11) is 0. The fourth-order valence-corrected chi connectivity index (χ4v) is 1.83. The first-order valence-electron chi connectivity index (χ1n) is 4.77. The summed E-state index contributed by atoms with van der Waals surface area (Å²) >= 11 is 0. The van der Waals surface area contributed by atoms with Crippen molar-refractivity contribution < 1.29 is 5.11 Å². The molecule has 2 rings (SSSR count). The largest absolute Gasteiger partial charge is 0.392 e. The third-order valence-corrected chi connectivity index (χ3v) is 2.57. The monoisotopic (exact) mass is 174 g/mol. The van der Waals surface area contributed by atoms with Gasteiger partial charge in [0.05, 0.1) is 6.10 Å². The van der Waals surface area contributed by atoms with Gasteiger partial charge < -0.3 is 5.11 Å². The van der Waals surface area contributed by atoms with Gasteiger partial charge >= 0.3 is 0 Å². The molecule has 0 unspecified atom stereocenters. The van der Waals surface area contributed by atoms with Crippen LogP contribution in [0.5, 0.6) is 0 Å². The van der Waals surface area contributed by atoms with E-state index >= 15 is 0 Å². The maximum absolute atomic E-state index is 9.77. The van der Waals surface area contributed by atoms with Gasteiger partial charge in [-0.3, -0.25) is 0 Å². The number of hydrogen-bond donors (Lipinski definition) is 1. The topological polar surface area (TPSA) is 20.2 Å². The first-order chi connectivity index (χ1) is 6.38. The lowest BCUT2D eigenvalue weighted by molar-refractivity contribution is 0.145. The van der Waals surface area contributed by atoms with Crippen molar-refractivity contribution in [1.29, 1.82) is 0 Å². The molecule has 2 atom stereocenters. The Hall–Kier alpha value is -1.08. The number of aliphatic hydroxyl groups excluding tert-OH is 1. The normalized spacial score (nSPS) is 27.5. The molecule has 0 amide bonds.